The second kappa shape index (κ2) is 8.19. The van der Waals surface area contributed by atoms with Crippen molar-refractivity contribution >= 4 is 29.1 Å². The topological polar surface area (TPSA) is 32.3 Å². The van der Waals surface area contributed by atoms with E-state index >= 15 is 0 Å². The van der Waals surface area contributed by atoms with Crippen molar-refractivity contribution in [3.05, 3.63) is 33.8 Å². The van der Waals surface area contributed by atoms with E-state index in [-0.39, 0.29) is 17.9 Å². The summed E-state index contributed by atoms with van der Waals surface area (Å²) in [7, 11) is 0. The fourth-order valence-electron chi connectivity index (χ4n) is 2.71. The van der Waals surface area contributed by atoms with Crippen molar-refractivity contribution in [2.24, 2.45) is 5.92 Å². The van der Waals surface area contributed by atoms with Crippen LogP contribution in [-0.4, -0.2) is 29.9 Å². The summed E-state index contributed by atoms with van der Waals surface area (Å²) in [4.78, 5) is 14.5. The summed E-state index contributed by atoms with van der Waals surface area (Å²) in [6.45, 7) is 6.89. The van der Waals surface area contributed by atoms with E-state index < -0.39 is 0 Å². The number of likely N-dealkylation sites (tertiary alicyclic amines) is 1. The maximum Gasteiger partial charge on any atom is 0.223 e. The Morgan fingerprint density at radius 2 is 2.00 bits per heavy atom. The van der Waals surface area contributed by atoms with Gasteiger partial charge in [0, 0.05) is 18.5 Å². The monoisotopic (exact) mass is 342 g/mol. The van der Waals surface area contributed by atoms with Crippen LogP contribution in [0.2, 0.25) is 10.0 Å². The Morgan fingerprint density at radius 1 is 1.32 bits per heavy atom. The van der Waals surface area contributed by atoms with Gasteiger partial charge in [0.05, 0.1) is 10.0 Å². The van der Waals surface area contributed by atoms with Gasteiger partial charge < -0.3 is 5.32 Å². The van der Waals surface area contributed by atoms with Crippen molar-refractivity contribution in [1.82, 2.24) is 10.2 Å². The number of carbonyl (C=O) groups excluding carboxylic acids is 1. The summed E-state index contributed by atoms with van der Waals surface area (Å²) in [5.41, 5.74) is 1.16. The van der Waals surface area contributed by atoms with Crippen LogP contribution in [0.25, 0.3) is 0 Å². The molecule has 22 heavy (non-hydrogen) atoms. The summed E-state index contributed by atoms with van der Waals surface area (Å²) in [5.74, 6) is 0.364. The quantitative estimate of drug-likeness (QED) is 0.872. The van der Waals surface area contributed by atoms with Crippen LogP contribution in [0, 0.1) is 5.92 Å². The van der Waals surface area contributed by atoms with Crippen molar-refractivity contribution in [2.45, 2.75) is 45.7 Å². The van der Waals surface area contributed by atoms with Crippen molar-refractivity contribution in [3.63, 3.8) is 0 Å². The molecule has 0 aromatic heterocycles. The van der Waals surface area contributed by atoms with Crippen molar-refractivity contribution < 1.29 is 4.79 Å². The molecule has 0 saturated carbocycles. The molecule has 0 aliphatic carbocycles. The van der Waals surface area contributed by atoms with Gasteiger partial charge in [-0.2, -0.15) is 0 Å². The number of hydrogen-bond donors (Lipinski definition) is 1. The van der Waals surface area contributed by atoms with Gasteiger partial charge in [-0.3, -0.25) is 9.69 Å². The van der Waals surface area contributed by atoms with Crippen molar-refractivity contribution in [3.8, 4) is 0 Å². The van der Waals surface area contributed by atoms with Gasteiger partial charge >= 0.3 is 0 Å². The van der Waals surface area contributed by atoms with E-state index in [0.717, 1.165) is 44.5 Å². The first-order valence-corrected chi connectivity index (χ1v) is 8.71. The molecule has 1 amide bonds. The van der Waals surface area contributed by atoms with E-state index in [9.17, 15) is 4.79 Å². The number of amides is 1. The van der Waals surface area contributed by atoms with E-state index in [1.807, 2.05) is 18.2 Å². The summed E-state index contributed by atoms with van der Waals surface area (Å²) in [6.07, 6.45) is 2.81. The van der Waals surface area contributed by atoms with Crippen LogP contribution < -0.4 is 5.32 Å². The molecule has 0 spiro atoms. The molecule has 1 aromatic rings. The number of rotatable bonds is 5. The van der Waals surface area contributed by atoms with E-state index in [1.54, 1.807) is 0 Å². The Balaban J connectivity index is 1.81. The van der Waals surface area contributed by atoms with Crippen LogP contribution >= 0.6 is 23.2 Å². The van der Waals surface area contributed by atoms with Gasteiger partial charge in [0.1, 0.15) is 0 Å². The van der Waals surface area contributed by atoms with Crippen LogP contribution in [0.4, 0.5) is 0 Å². The minimum atomic E-state index is 0.152. The predicted molar refractivity (Wildman–Crippen MR) is 92.4 cm³/mol. The standard InChI is InChI=1S/C17H24Cl2N2O/c1-3-12(2)20-17(22)14-6-8-21(9-7-14)11-13-4-5-15(18)16(19)10-13/h4-5,10,12,14H,3,6-9,11H2,1-2H3,(H,20,22). The SMILES string of the molecule is CCC(C)NC(=O)C1CCN(Cc2ccc(Cl)c(Cl)c2)CC1. The van der Waals surface area contributed by atoms with Crippen LogP contribution in [0.3, 0.4) is 0 Å². The van der Waals surface area contributed by atoms with Gasteiger partial charge in [0.15, 0.2) is 0 Å². The van der Waals surface area contributed by atoms with Crippen LogP contribution in [-0.2, 0) is 11.3 Å². The summed E-state index contributed by atoms with van der Waals surface area (Å²) < 4.78 is 0. The molecule has 1 aromatic carbocycles. The van der Waals surface area contributed by atoms with Gasteiger partial charge in [-0.15, -0.1) is 0 Å². The van der Waals surface area contributed by atoms with Gasteiger partial charge in [0.25, 0.3) is 0 Å². The molecule has 3 nitrogen and oxygen atoms in total. The number of halogens is 2. The molecule has 0 bridgehead atoms. The molecule has 122 valence electrons. The molecule has 1 N–H and O–H groups in total. The highest BCUT2D eigenvalue weighted by Gasteiger charge is 2.25. The Morgan fingerprint density at radius 3 is 2.59 bits per heavy atom. The number of benzene rings is 1. The number of hydrogen-bond acceptors (Lipinski definition) is 2. The second-order valence-electron chi connectivity index (χ2n) is 6.12. The molecule has 0 radical (unpaired) electrons. The van der Waals surface area contributed by atoms with E-state index in [2.05, 4.69) is 24.1 Å². The molecule has 1 atom stereocenters. The normalized spacial score (nSPS) is 18.2. The highest BCUT2D eigenvalue weighted by molar-refractivity contribution is 6.42. The molecule has 1 saturated heterocycles. The second-order valence-corrected chi connectivity index (χ2v) is 6.93. The minimum absolute atomic E-state index is 0.152. The van der Waals surface area contributed by atoms with E-state index in [1.165, 1.54) is 0 Å². The number of nitrogens with one attached hydrogen (secondary N) is 1. The molecule has 2 rings (SSSR count). The van der Waals surface area contributed by atoms with Gasteiger partial charge in [-0.05, 0) is 57.0 Å². The average Bonchev–Trinajstić information content (AvgIpc) is 2.51. The zero-order valence-corrected chi connectivity index (χ0v) is 14.8. The molecule has 1 fully saturated rings. The van der Waals surface area contributed by atoms with E-state index in [4.69, 9.17) is 23.2 Å². The number of piperidine rings is 1. The lowest BCUT2D eigenvalue weighted by atomic mass is 9.95. The molecular weight excluding hydrogens is 319 g/mol. The van der Waals surface area contributed by atoms with Gasteiger partial charge in [-0.1, -0.05) is 36.2 Å². The molecule has 5 heteroatoms. The molecule has 1 unspecified atom stereocenters. The first-order valence-electron chi connectivity index (χ1n) is 7.96. The third-order valence-corrected chi connectivity index (χ3v) is 5.09. The maximum atomic E-state index is 12.2. The molecule has 1 aliphatic heterocycles. The largest absolute Gasteiger partial charge is 0.353 e. The Kier molecular flexibility index (Phi) is 6.54. The zero-order valence-electron chi connectivity index (χ0n) is 13.2. The van der Waals surface area contributed by atoms with Crippen LogP contribution in [0.5, 0.6) is 0 Å². The average molecular weight is 343 g/mol. The lowest BCUT2D eigenvalue weighted by Crippen LogP contribution is -2.42. The van der Waals surface area contributed by atoms with Crippen molar-refractivity contribution in [1.29, 1.82) is 0 Å². The summed E-state index contributed by atoms with van der Waals surface area (Å²) >= 11 is 12.0. The number of carbonyl (C=O) groups is 1. The third-order valence-electron chi connectivity index (χ3n) is 4.35. The van der Waals surface area contributed by atoms with Gasteiger partial charge in [-0.25, -0.2) is 0 Å². The highest BCUT2D eigenvalue weighted by Crippen LogP contribution is 2.25. The molecular formula is C17H24Cl2N2O. The van der Waals surface area contributed by atoms with Gasteiger partial charge in [0.2, 0.25) is 5.91 Å². The lowest BCUT2D eigenvalue weighted by molar-refractivity contribution is -0.127. The first kappa shape index (κ1) is 17.6. The summed E-state index contributed by atoms with van der Waals surface area (Å²) in [6, 6.07) is 6.04. The maximum absolute atomic E-state index is 12.2. The fourth-order valence-corrected chi connectivity index (χ4v) is 3.03. The first-order chi connectivity index (χ1) is 10.5. The molecule has 1 aliphatic rings. The Hall–Kier alpha value is -0.770. The minimum Gasteiger partial charge on any atom is -0.353 e. The zero-order chi connectivity index (χ0) is 16.1. The highest BCUT2D eigenvalue weighted by atomic mass is 35.5. The number of nitrogens with zero attached hydrogens (tertiary/aromatic N) is 1. The predicted octanol–water partition coefficient (Wildman–Crippen LogP) is 4.12. The fraction of sp³-hybridized carbons (Fsp3) is 0.588. The molecule has 1 heterocycles. The third kappa shape index (κ3) is 4.87. The Labute approximate surface area is 143 Å². The summed E-state index contributed by atoms with van der Waals surface area (Å²) in [5, 5.41) is 4.28. The van der Waals surface area contributed by atoms with E-state index in [0.29, 0.717) is 10.0 Å². The lowest BCUT2D eigenvalue weighted by Gasteiger charge is -2.31. The smallest absolute Gasteiger partial charge is 0.223 e. The van der Waals surface area contributed by atoms with Crippen LogP contribution in [0.1, 0.15) is 38.7 Å². The van der Waals surface area contributed by atoms with Crippen LogP contribution in [0.15, 0.2) is 18.2 Å². The Bertz CT molecular complexity index is 513. The van der Waals surface area contributed by atoms with Crippen molar-refractivity contribution in [2.75, 3.05) is 13.1 Å².